The van der Waals surface area contributed by atoms with E-state index in [1.54, 1.807) is 12.1 Å². The molecule has 0 aliphatic carbocycles. The van der Waals surface area contributed by atoms with Crippen LogP contribution in [-0.2, 0) is 21.4 Å². The standard InChI is InChI=1S/C33H42FN5O4/c1-23-17-37(28(19-38(23)32(41)42)18-36-13-14-43-21-24(36)2)20-31(40)39-22-33(3,11-4-12-35)29-10-7-26(16-30(29)39)15-25-5-8-27(34)9-6-25/h5-10,16,23-24,28H,4,11,13-15,17-22H2,1-3H3,(H,41,42)/t23?,24-,28?,33?/m1/s1. The summed E-state index contributed by atoms with van der Waals surface area (Å²) in [5, 5.41) is 19.2. The Morgan fingerprint density at radius 1 is 1.09 bits per heavy atom. The van der Waals surface area contributed by atoms with Crippen LogP contribution in [0.3, 0.4) is 0 Å². The fourth-order valence-electron chi connectivity index (χ4n) is 6.85. The first-order valence-corrected chi connectivity index (χ1v) is 15.2. The molecule has 0 radical (unpaired) electrons. The second-order valence-corrected chi connectivity index (χ2v) is 12.6. The molecule has 3 heterocycles. The molecule has 0 spiro atoms. The third-order valence-electron chi connectivity index (χ3n) is 9.41. The highest BCUT2D eigenvalue weighted by molar-refractivity contribution is 5.97. The molecule has 3 aliphatic heterocycles. The third kappa shape index (κ3) is 6.85. The number of hydrogen-bond acceptors (Lipinski definition) is 6. The van der Waals surface area contributed by atoms with Gasteiger partial charge in [0.05, 0.1) is 25.8 Å². The zero-order valence-electron chi connectivity index (χ0n) is 25.3. The zero-order chi connectivity index (χ0) is 30.7. The van der Waals surface area contributed by atoms with Gasteiger partial charge in [0.25, 0.3) is 0 Å². The molecule has 0 bridgehead atoms. The van der Waals surface area contributed by atoms with Crippen LogP contribution in [0, 0.1) is 17.1 Å². The van der Waals surface area contributed by atoms with Gasteiger partial charge in [0.1, 0.15) is 5.82 Å². The molecule has 2 aromatic carbocycles. The van der Waals surface area contributed by atoms with E-state index in [0.29, 0.717) is 58.7 Å². The summed E-state index contributed by atoms with van der Waals surface area (Å²) < 4.78 is 19.1. The van der Waals surface area contributed by atoms with Crippen LogP contribution < -0.4 is 4.90 Å². The maximum Gasteiger partial charge on any atom is 0.407 e. The highest BCUT2D eigenvalue weighted by Crippen LogP contribution is 2.44. The number of fused-ring (bicyclic) bond motifs is 1. The summed E-state index contributed by atoms with van der Waals surface area (Å²) in [6, 6.07) is 14.8. The van der Waals surface area contributed by atoms with Gasteiger partial charge in [-0.25, -0.2) is 9.18 Å². The Bertz CT molecular complexity index is 1360. The van der Waals surface area contributed by atoms with Gasteiger partial charge in [-0.3, -0.25) is 14.6 Å². The van der Waals surface area contributed by atoms with Crippen LogP contribution in [0.2, 0.25) is 0 Å². The first-order chi connectivity index (χ1) is 20.6. The Balaban J connectivity index is 1.40. The molecule has 1 N–H and O–H groups in total. The molecule has 9 nitrogen and oxygen atoms in total. The Hall–Kier alpha value is -3.52. The number of amides is 2. The van der Waals surface area contributed by atoms with Gasteiger partial charge in [0.15, 0.2) is 0 Å². The van der Waals surface area contributed by atoms with Crippen LogP contribution in [0.15, 0.2) is 42.5 Å². The number of anilines is 1. The van der Waals surface area contributed by atoms with Crippen LogP contribution in [0.25, 0.3) is 0 Å². The molecule has 10 heteroatoms. The van der Waals surface area contributed by atoms with Crippen molar-refractivity contribution in [2.75, 3.05) is 57.4 Å². The Morgan fingerprint density at radius 3 is 2.53 bits per heavy atom. The van der Waals surface area contributed by atoms with Crippen LogP contribution in [-0.4, -0.2) is 102 Å². The number of halogens is 1. The molecule has 2 aromatic rings. The van der Waals surface area contributed by atoms with Crippen molar-refractivity contribution in [3.8, 4) is 6.07 Å². The Kier molecular flexibility index (Phi) is 9.35. The summed E-state index contributed by atoms with van der Waals surface area (Å²) in [4.78, 5) is 34.1. The van der Waals surface area contributed by atoms with Crippen molar-refractivity contribution >= 4 is 17.7 Å². The van der Waals surface area contributed by atoms with Crippen molar-refractivity contribution in [1.82, 2.24) is 14.7 Å². The van der Waals surface area contributed by atoms with E-state index in [2.05, 4.69) is 47.9 Å². The number of rotatable bonds is 8. The monoisotopic (exact) mass is 591 g/mol. The predicted molar refractivity (Wildman–Crippen MR) is 162 cm³/mol. The average Bonchev–Trinajstić information content (AvgIpc) is 3.27. The first kappa shape index (κ1) is 30.9. The largest absolute Gasteiger partial charge is 0.465 e. The maximum absolute atomic E-state index is 14.2. The molecule has 0 aromatic heterocycles. The molecule has 2 saturated heterocycles. The summed E-state index contributed by atoms with van der Waals surface area (Å²) in [7, 11) is 0. The van der Waals surface area contributed by atoms with Gasteiger partial charge in [0.2, 0.25) is 5.91 Å². The normalized spacial score (nSPS) is 26.3. The van der Waals surface area contributed by atoms with E-state index in [4.69, 9.17) is 4.74 Å². The molecule has 5 rings (SSSR count). The minimum atomic E-state index is -0.936. The molecule has 43 heavy (non-hydrogen) atoms. The van der Waals surface area contributed by atoms with Gasteiger partial charge in [0, 0.05) is 68.4 Å². The van der Waals surface area contributed by atoms with Crippen molar-refractivity contribution in [3.05, 3.63) is 65.0 Å². The second kappa shape index (κ2) is 13.0. The first-order valence-electron chi connectivity index (χ1n) is 15.2. The van der Waals surface area contributed by atoms with Gasteiger partial charge in [-0.15, -0.1) is 0 Å². The van der Waals surface area contributed by atoms with E-state index in [9.17, 15) is 24.3 Å². The highest BCUT2D eigenvalue weighted by Gasteiger charge is 2.43. The molecule has 230 valence electrons. The SMILES string of the molecule is CC1CN(CC(=O)N2CC(C)(CCC#N)c3ccc(Cc4ccc(F)cc4)cc32)C(CN2CCOC[C@H]2C)CN1C(=O)O. The van der Waals surface area contributed by atoms with Crippen molar-refractivity contribution in [3.63, 3.8) is 0 Å². The molecule has 0 saturated carbocycles. The summed E-state index contributed by atoms with van der Waals surface area (Å²) >= 11 is 0. The smallest absolute Gasteiger partial charge is 0.407 e. The number of ether oxygens (including phenoxy) is 1. The molecule has 3 unspecified atom stereocenters. The summed E-state index contributed by atoms with van der Waals surface area (Å²) in [6.07, 6.45) is 0.709. The number of piperazine rings is 1. The lowest BCUT2D eigenvalue weighted by Crippen LogP contribution is -2.64. The van der Waals surface area contributed by atoms with Crippen LogP contribution >= 0.6 is 0 Å². The lowest BCUT2D eigenvalue weighted by molar-refractivity contribution is -0.121. The van der Waals surface area contributed by atoms with Crippen molar-refractivity contribution in [2.45, 2.75) is 63.6 Å². The van der Waals surface area contributed by atoms with E-state index < -0.39 is 6.09 Å². The van der Waals surface area contributed by atoms with Gasteiger partial charge >= 0.3 is 6.09 Å². The predicted octanol–water partition coefficient (Wildman–Crippen LogP) is 4.10. The summed E-state index contributed by atoms with van der Waals surface area (Å²) in [5.41, 5.74) is 3.57. The molecule has 3 aliphatic rings. The van der Waals surface area contributed by atoms with E-state index in [0.717, 1.165) is 28.9 Å². The van der Waals surface area contributed by atoms with Gasteiger partial charge in [-0.05, 0) is 61.6 Å². The minimum absolute atomic E-state index is 0.0307. The molecular weight excluding hydrogens is 549 g/mol. The summed E-state index contributed by atoms with van der Waals surface area (Å²) in [6.45, 7) is 10.3. The lowest BCUT2D eigenvalue weighted by Gasteiger charge is -2.47. The fraction of sp³-hybridized carbons (Fsp3) is 0.545. The lowest BCUT2D eigenvalue weighted by atomic mass is 9.80. The van der Waals surface area contributed by atoms with E-state index in [1.165, 1.54) is 17.0 Å². The quantitative estimate of drug-likeness (QED) is 0.494. The van der Waals surface area contributed by atoms with Crippen LogP contribution in [0.5, 0.6) is 0 Å². The van der Waals surface area contributed by atoms with E-state index in [-0.39, 0.29) is 41.8 Å². The van der Waals surface area contributed by atoms with Crippen molar-refractivity contribution in [2.24, 2.45) is 0 Å². The number of carboxylic acid groups (broad SMARTS) is 1. The van der Waals surface area contributed by atoms with Crippen molar-refractivity contribution in [1.29, 1.82) is 5.26 Å². The second-order valence-electron chi connectivity index (χ2n) is 12.6. The molecule has 4 atom stereocenters. The van der Waals surface area contributed by atoms with E-state index >= 15 is 0 Å². The number of carbonyl (C=O) groups is 2. The number of morpholine rings is 1. The van der Waals surface area contributed by atoms with Gasteiger partial charge in [-0.1, -0.05) is 31.2 Å². The van der Waals surface area contributed by atoms with E-state index in [1.807, 2.05) is 11.8 Å². The van der Waals surface area contributed by atoms with Crippen molar-refractivity contribution < 1.29 is 23.8 Å². The van der Waals surface area contributed by atoms with Gasteiger partial charge < -0.3 is 19.6 Å². The Morgan fingerprint density at radius 2 is 1.84 bits per heavy atom. The minimum Gasteiger partial charge on any atom is -0.465 e. The highest BCUT2D eigenvalue weighted by atomic mass is 19.1. The number of carbonyl (C=O) groups excluding carboxylic acids is 1. The number of benzene rings is 2. The van der Waals surface area contributed by atoms with Crippen LogP contribution in [0.1, 0.15) is 50.3 Å². The van der Waals surface area contributed by atoms with Crippen LogP contribution in [0.4, 0.5) is 14.9 Å². The maximum atomic E-state index is 14.2. The number of nitriles is 1. The van der Waals surface area contributed by atoms with Gasteiger partial charge in [-0.2, -0.15) is 5.26 Å². The summed E-state index contributed by atoms with van der Waals surface area (Å²) in [5.74, 6) is -0.306. The zero-order valence-corrected chi connectivity index (χ0v) is 25.3. The number of hydrogen-bond donors (Lipinski definition) is 1. The molecule has 2 amide bonds. The molecular formula is C33H42FN5O4. The number of nitrogens with zero attached hydrogens (tertiary/aromatic N) is 5. The third-order valence-corrected chi connectivity index (χ3v) is 9.41. The fourth-order valence-corrected chi connectivity index (χ4v) is 6.85. The Labute approximate surface area is 253 Å². The topological polar surface area (TPSA) is 100 Å². The molecule has 2 fully saturated rings. The average molecular weight is 592 g/mol.